The van der Waals surface area contributed by atoms with Crippen LogP contribution in [0.4, 0.5) is 16.2 Å². The van der Waals surface area contributed by atoms with Gasteiger partial charge in [-0.15, -0.1) is 11.8 Å². The van der Waals surface area contributed by atoms with Gasteiger partial charge in [0.2, 0.25) is 0 Å². The Kier molecular flexibility index (Phi) is 6.73. The molecule has 0 bridgehead atoms. The van der Waals surface area contributed by atoms with Crippen molar-refractivity contribution in [1.82, 2.24) is 5.32 Å². The minimum absolute atomic E-state index is 0.0559. The van der Waals surface area contributed by atoms with Crippen LogP contribution >= 0.6 is 23.4 Å². The lowest BCUT2D eigenvalue weighted by molar-refractivity contribution is 0.102. The zero-order chi connectivity index (χ0) is 18.4. The van der Waals surface area contributed by atoms with Crippen LogP contribution < -0.4 is 16.0 Å². The van der Waals surface area contributed by atoms with Crippen LogP contribution in [0.2, 0.25) is 5.02 Å². The highest BCUT2D eigenvalue weighted by molar-refractivity contribution is 7.98. The van der Waals surface area contributed by atoms with Crippen molar-refractivity contribution >= 4 is 46.7 Å². The lowest BCUT2D eigenvalue weighted by Crippen LogP contribution is -2.34. The number of amides is 3. The van der Waals surface area contributed by atoms with Crippen molar-refractivity contribution in [3.05, 3.63) is 53.1 Å². The summed E-state index contributed by atoms with van der Waals surface area (Å²) in [5.74, 6) is -0.279. The topological polar surface area (TPSA) is 70.2 Å². The van der Waals surface area contributed by atoms with Crippen LogP contribution in [0.1, 0.15) is 24.2 Å². The van der Waals surface area contributed by atoms with Gasteiger partial charge in [-0.3, -0.25) is 4.79 Å². The molecule has 25 heavy (non-hydrogen) atoms. The third kappa shape index (κ3) is 5.69. The van der Waals surface area contributed by atoms with Gasteiger partial charge in [-0.1, -0.05) is 11.6 Å². The standard InChI is InChI=1S/C18H20ClN3O2S/c1-11(2)20-18(24)22-13-6-4-12(5-7-13)21-17(23)15-10-14(25-3)8-9-16(15)19/h4-11H,1-3H3,(H,21,23)(H2,20,22,24). The highest BCUT2D eigenvalue weighted by Gasteiger charge is 2.12. The second-order valence-corrected chi connectivity index (χ2v) is 6.92. The smallest absolute Gasteiger partial charge is 0.319 e. The molecule has 2 rings (SSSR count). The molecular formula is C18H20ClN3O2S. The Morgan fingerprint density at radius 3 is 2.16 bits per heavy atom. The Bertz CT molecular complexity index is 763. The predicted octanol–water partition coefficient (Wildman–Crippen LogP) is 4.84. The molecule has 0 saturated carbocycles. The normalized spacial score (nSPS) is 10.4. The molecular weight excluding hydrogens is 358 g/mol. The molecule has 0 unspecified atom stereocenters. The third-order valence-corrected chi connectivity index (χ3v) is 4.29. The third-order valence-electron chi connectivity index (χ3n) is 3.24. The number of hydrogen-bond donors (Lipinski definition) is 3. The second kappa shape index (κ2) is 8.78. The Morgan fingerprint density at radius 2 is 1.60 bits per heavy atom. The summed E-state index contributed by atoms with van der Waals surface area (Å²) in [5.41, 5.74) is 1.68. The first-order valence-electron chi connectivity index (χ1n) is 7.71. The molecule has 3 N–H and O–H groups in total. The van der Waals surface area contributed by atoms with Gasteiger partial charge in [0.05, 0.1) is 10.6 Å². The first-order chi connectivity index (χ1) is 11.9. The number of halogens is 1. The summed E-state index contributed by atoms with van der Waals surface area (Å²) in [6, 6.07) is 12.0. The van der Waals surface area contributed by atoms with E-state index >= 15 is 0 Å². The van der Waals surface area contributed by atoms with Gasteiger partial charge in [0.1, 0.15) is 0 Å². The molecule has 3 amide bonds. The van der Waals surface area contributed by atoms with Crippen molar-refractivity contribution in [2.24, 2.45) is 0 Å². The number of anilines is 2. The SMILES string of the molecule is CSc1ccc(Cl)c(C(=O)Nc2ccc(NC(=O)NC(C)C)cc2)c1. The van der Waals surface area contributed by atoms with Crippen LogP contribution in [0.5, 0.6) is 0 Å². The number of benzene rings is 2. The molecule has 2 aromatic carbocycles. The average Bonchev–Trinajstić information content (AvgIpc) is 2.56. The Balaban J connectivity index is 2.03. The van der Waals surface area contributed by atoms with Gasteiger partial charge in [0, 0.05) is 22.3 Å². The number of thioether (sulfide) groups is 1. The van der Waals surface area contributed by atoms with Crippen molar-refractivity contribution in [3.8, 4) is 0 Å². The first-order valence-corrected chi connectivity index (χ1v) is 9.32. The van der Waals surface area contributed by atoms with Crippen molar-refractivity contribution in [2.45, 2.75) is 24.8 Å². The van der Waals surface area contributed by atoms with Crippen LogP contribution in [-0.2, 0) is 0 Å². The summed E-state index contributed by atoms with van der Waals surface area (Å²) in [5, 5.41) is 8.67. The monoisotopic (exact) mass is 377 g/mol. The Labute approximate surface area is 156 Å². The van der Waals surface area contributed by atoms with Gasteiger partial charge in [-0.05, 0) is 62.6 Å². The van der Waals surface area contributed by atoms with Gasteiger partial charge >= 0.3 is 6.03 Å². The van der Waals surface area contributed by atoms with Crippen molar-refractivity contribution in [1.29, 1.82) is 0 Å². The maximum atomic E-state index is 12.4. The van der Waals surface area contributed by atoms with Crippen LogP contribution in [0.3, 0.4) is 0 Å². The first kappa shape index (κ1) is 19.1. The molecule has 0 saturated heterocycles. The van der Waals surface area contributed by atoms with E-state index in [4.69, 9.17) is 11.6 Å². The highest BCUT2D eigenvalue weighted by Crippen LogP contribution is 2.24. The van der Waals surface area contributed by atoms with E-state index in [1.165, 1.54) is 0 Å². The lowest BCUT2D eigenvalue weighted by Gasteiger charge is -2.11. The molecule has 0 aliphatic carbocycles. The number of carbonyl (C=O) groups excluding carboxylic acids is 2. The van der Waals surface area contributed by atoms with E-state index in [0.717, 1.165) is 4.90 Å². The maximum absolute atomic E-state index is 12.4. The quantitative estimate of drug-likeness (QED) is 0.652. The van der Waals surface area contributed by atoms with Crippen LogP contribution in [0.25, 0.3) is 0 Å². The van der Waals surface area contributed by atoms with Gasteiger partial charge in [0.15, 0.2) is 0 Å². The molecule has 0 fully saturated rings. The predicted molar refractivity (Wildman–Crippen MR) is 105 cm³/mol. The van der Waals surface area contributed by atoms with Crippen LogP contribution in [0.15, 0.2) is 47.4 Å². The van der Waals surface area contributed by atoms with E-state index in [1.807, 2.05) is 26.2 Å². The highest BCUT2D eigenvalue weighted by atomic mass is 35.5. The van der Waals surface area contributed by atoms with E-state index in [-0.39, 0.29) is 18.0 Å². The fraction of sp³-hybridized carbons (Fsp3) is 0.222. The summed E-state index contributed by atoms with van der Waals surface area (Å²) in [4.78, 5) is 25.0. The zero-order valence-electron chi connectivity index (χ0n) is 14.2. The van der Waals surface area contributed by atoms with E-state index in [1.54, 1.807) is 48.2 Å². The van der Waals surface area contributed by atoms with Gasteiger partial charge in [0.25, 0.3) is 5.91 Å². The summed E-state index contributed by atoms with van der Waals surface area (Å²) >= 11 is 7.66. The molecule has 0 radical (unpaired) electrons. The van der Waals surface area contributed by atoms with Crippen molar-refractivity contribution in [2.75, 3.05) is 16.9 Å². The number of carbonyl (C=O) groups is 2. The number of rotatable bonds is 5. The Morgan fingerprint density at radius 1 is 1.00 bits per heavy atom. The number of urea groups is 1. The summed E-state index contributed by atoms with van der Waals surface area (Å²) in [7, 11) is 0. The Hall–Kier alpha value is -2.18. The molecule has 0 aromatic heterocycles. The minimum atomic E-state index is -0.279. The van der Waals surface area contributed by atoms with E-state index < -0.39 is 0 Å². The van der Waals surface area contributed by atoms with Gasteiger partial charge in [-0.25, -0.2) is 4.79 Å². The maximum Gasteiger partial charge on any atom is 0.319 e. The molecule has 5 nitrogen and oxygen atoms in total. The summed E-state index contributed by atoms with van der Waals surface area (Å²) in [6.07, 6.45) is 1.94. The molecule has 2 aromatic rings. The van der Waals surface area contributed by atoms with Crippen molar-refractivity contribution < 1.29 is 9.59 Å². The van der Waals surface area contributed by atoms with E-state index in [9.17, 15) is 9.59 Å². The van der Waals surface area contributed by atoms with E-state index in [2.05, 4.69) is 16.0 Å². The van der Waals surface area contributed by atoms with Crippen molar-refractivity contribution in [3.63, 3.8) is 0 Å². The molecule has 132 valence electrons. The molecule has 0 heterocycles. The molecule has 0 spiro atoms. The summed E-state index contributed by atoms with van der Waals surface area (Å²) in [6.45, 7) is 3.77. The molecule has 0 atom stereocenters. The molecule has 0 aliphatic rings. The van der Waals surface area contributed by atoms with Gasteiger partial charge < -0.3 is 16.0 Å². The zero-order valence-corrected chi connectivity index (χ0v) is 15.8. The number of nitrogens with one attached hydrogen (secondary N) is 3. The fourth-order valence-corrected chi connectivity index (χ4v) is 2.71. The van der Waals surface area contributed by atoms with Gasteiger partial charge in [-0.2, -0.15) is 0 Å². The van der Waals surface area contributed by atoms with Crippen LogP contribution in [0, 0.1) is 0 Å². The number of hydrogen-bond acceptors (Lipinski definition) is 3. The second-order valence-electron chi connectivity index (χ2n) is 5.63. The minimum Gasteiger partial charge on any atom is -0.336 e. The summed E-state index contributed by atoms with van der Waals surface area (Å²) < 4.78 is 0. The molecule has 7 heteroatoms. The average molecular weight is 378 g/mol. The lowest BCUT2D eigenvalue weighted by atomic mass is 10.2. The van der Waals surface area contributed by atoms with Crippen LogP contribution in [-0.4, -0.2) is 24.2 Å². The largest absolute Gasteiger partial charge is 0.336 e. The fourth-order valence-electron chi connectivity index (χ4n) is 2.07. The molecule has 0 aliphatic heterocycles. The van der Waals surface area contributed by atoms with E-state index in [0.29, 0.717) is 22.0 Å².